The number of anilines is 1. The number of rotatable bonds is 6. The van der Waals surface area contributed by atoms with Crippen molar-refractivity contribution in [3.05, 3.63) is 36.4 Å². The van der Waals surface area contributed by atoms with Crippen molar-refractivity contribution in [1.82, 2.24) is 15.5 Å². The highest BCUT2D eigenvalue weighted by atomic mass is 32.1. The summed E-state index contributed by atoms with van der Waals surface area (Å²) in [5.74, 6) is 0.790. The molecule has 0 aliphatic heterocycles. The molecule has 0 spiro atoms. The van der Waals surface area contributed by atoms with Crippen LogP contribution in [0.4, 0.5) is 9.93 Å². The van der Waals surface area contributed by atoms with Gasteiger partial charge in [0.15, 0.2) is 0 Å². The highest BCUT2D eigenvalue weighted by molar-refractivity contribution is 7.18. The predicted molar refractivity (Wildman–Crippen MR) is 100 cm³/mol. The standard InChI is InChI=1S/C18H22N4O2S/c1-3-4-10-18(11-5-12-18)20-16(23)19-17-22-21-15(25-17)13-6-8-14(24-2)9-7-13/h3-4,6-9H,5,10-12H2,1-2H3,(H2,19,20,22,23)/b4-3-. The van der Waals surface area contributed by atoms with E-state index in [4.69, 9.17) is 4.74 Å². The van der Waals surface area contributed by atoms with Crippen molar-refractivity contribution in [3.63, 3.8) is 0 Å². The molecule has 2 amide bonds. The van der Waals surface area contributed by atoms with Crippen molar-refractivity contribution in [2.75, 3.05) is 12.4 Å². The van der Waals surface area contributed by atoms with Crippen molar-refractivity contribution in [2.45, 2.75) is 38.1 Å². The summed E-state index contributed by atoms with van der Waals surface area (Å²) < 4.78 is 5.15. The Hall–Kier alpha value is -2.41. The van der Waals surface area contributed by atoms with Crippen molar-refractivity contribution in [1.29, 1.82) is 0 Å². The Morgan fingerprint density at radius 3 is 2.68 bits per heavy atom. The lowest BCUT2D eigenvalue weighted by molar-refractivity contribution is 0.186. The van der Waals surface area contributed by atoms with Crippen molar-refractivity contribution in [3.8, 4) is 16.3 Å². The molecule has 25 heavy (non-hydrogen) atoms. The zero-order valence-electron chi connectivity index (χ0n) is 14.4. The number of aromatic nitrogens is 2. The second-order valence-corrected chi connectivity index (χ2v) is 7.10. The minimum atomic E-state index is -0.221. The molecule has 1 heterocycles. The van der Waals surface area contributed by atoms with Gasteiger partial charge < -0.3 is 10.1 Å². The summed E-state index contributed by atoms with van der Waals surface area (Å²) in [4.78, 5) is 12.3. The lowest BCUT2D eigenvalue weighted by atomic mass is 9.74. The van der Waals surface area contributed by atoms with E-state index in [1.165, 1.54) is 11.3 Å². The van der Waals surface area contributed by atoms with E-state index in [-0.39, 0.29) is 11.6 Å². The summed E-state index contributed by atoms with van der Waals surface area (Å²) >= 11 is 1.35. The van der Waals surface area contributed by atoms with Gasteiger partial charge in [0.2, 0.25) is 5.13 Å². The first-order valence-corrected chi connectivity index (χ1v) is 9.14. The van der Waals surface area contributed by atoms with Gasteiger partial charge in [0.1, 0.15) is 10.8 Å². The van der Waals surface area contributed by atoms with Crippen LogP contribution in [0.3, 0.4) is 0 Å². The monoisotopic (exact) mass is 358 g/mol. The molecule has 132 valence electrons. The minimum absolute atomic E-state index is 0.111. The van der Waals surface area contributed by atoms with E-state index < -0.39 is 0 Å². The molecule has 7 heteroatoms. The lowest BCUT2D eigenvalue weighted by Crippen LogP contribution is -2.54. The zero-order chi connectivity index (χ0) is 17.7. The number of amides is 2. The number of allylic oxidation sites excluding steroid dienone is 1. The average Bonchev–Trinajstić information content (AvgIpc) is 3.05. The van der Waals surface area contributed by atoms with Crippen molar-refractivity contribution < 1.29 is 9.53 Å². The highest BCUT2D eigenvalue weighted by Crippen LogP contribution is 2.35. The third kappa shape index (κ3) is 4.17. The predicted octanol–water partition coefficient (Wildman–Crippen LogP) is 4.22. The maximum atomic E-state index is 12.3. The number of ether oxygens (including phenoxy) is 1. The summed E-state index contributed by atoms with van der Waals surface area (Å²) in [7, 11) is 1.63. The Bertz CT molecular complexity index is 751. The van der Waals surface area contributed by atoms with Gasteiger partial charge in [-0.25, -0.2) is 4.79 Å². The van der Waals surface area contributed by atoms with Crippen molar-refractivity contribution >= 4 is 22.5 Å². The van der Waals surface area contributed by atoms with Gasteiger partial charge >= 0.3 is 6.03 Å². The topological polar surface area (TPSA) is 76.1 Å². The van der Waals surface area contributed by atoms with Crippen LogP contribution < -0.4 is 15.4 Å². The van der Waals surface area contributed by atoms with E-state index in [1.54, 1.807) is 7.11 Å². The number of carbonyl (C=O) groups is 1. The molecule has 0 saturated heterocycles. The summed E-state index contributed by atoms with van der Waals surface area (Å²) in [5, 5.41) is 15.4. The fourth-order valence-corrected chi connectivity index (χ4v) is 3.56. The first-order chi connectivity index (χ1) is 12.1. The Morgan fingerprint density at radius 2 is 2.08 bits per heavy atom. The van der Waals surface area contributed by atoms with Gasteiger partial charge in [-0.15, -0.1) is 10.2 Å². The number of nitrogens with one attached hydrogen (secondary N) is 2. The summed E-state index contributed by atoms with van der Waals surface area (Å²) in [6.07, 6.45) is 8.16. The largest absolute Gasteiger partial charge is 0.497 e. The van der Waals surface area contributed by atoms with Crippen LogP contribution in [0.15, 0.2) is 36.4 Å². The van der Waals surface area contributed by atoms with Crippen LogP contribution in [0.2, 0.25) is 0 Å². The first kappa shape index (κ1) is 17.4. The highest BCUT2D eigenvalue weighted by Gasteiger charge is 2.37. The molecular weight excluding hydrogens is 336 g/mol. The average molecular weight is 358 g/mol. The normalized spacial score (nSPS) is 15.6. The van der Waals surface area contributed by atoms with E-state index in [2.05, 4.69) is 26.9 Å². The molecule has 0 bridgehead atoms. The first-order valence-electron chi connectivity index (χ1n) is 8.32. The molecule has 1 saturated carbocycles. The number of nitrogens with zero attached hydrogens (tertiary/aromatic N) is 2. The Morgan fingerprint density at radius 1 is 1.32 bits per heavy atom. The van der Waals surface area contributed by atoms with Gasteiger partial charge in [0, 0.05) is 11.1 Å². The number of methoxy groups -OCH3 is 1. The van der Waals surface area contributed by atoms with Gasteiger partial charge in [-0.1, -0.05) is 23.5 Å². The van der Waals surface area contributed by atoms with Gasteiger partial charge in [0.05, 0.1) is 7.11 Å². The summed E-state index contributed by atoms with van der Waals surface area (Å²) in [6, 6.07) is 7.37. The maximum absolute atomic E-state index is 12.3. The van der Waals surface area contributed by atoms with Crippen molar-refractivity contribution in [2.24, 2.45) is 0 Å². The van der Waals surface area contributed by atoms with Crippen LogP contribution in [0, 0.1) is 0 Å². The number of hydrogen-bond donors (Lipinski definition) is 2. The molecule has 1 aliphatic carbocycles. The van der Waals surface area contributed by atoms with Gasteiger partial charge in [0.25, 0.3) is 0 Å². The number of benzene rings is 1. The SMILES string of the molecule is C/C=C\CC1(NC(=O)Nc2nnc(-c3ccc(OC)cc3)s2)CCC1. The van der Waals surface area contributed by atoms with Crippen LogP contribution in [0.5, 0.6) is 5.75 Å². The molecule has 3 rings (SSSR count). The molecular formula is C18H22N4O2S. The molecule has 0 unspecified atom stereocenters. The molecule has 6 nitrogen and oxygen atoms in total. The molecule has 1 aromatic heterocycles. The van der Waals surface area contributed by atoms with Crippen LogP contribution >= 0.6 is 11.3 Å². The van der Waals surface area contributed by atoms with Crippen LogP contribution in [0.25, 0.3) is 10.6 Å². The Labute approximate surface area is 151 Å². The van der Waals surface area contributed by atoms with E-state index in [0.29, 0.717) is 5.13 Å². The summed E-state index contributed by atoms with van der Waals surface area (Å²) in [5.41, 5.74) is 0.829. The minimum Gasteiger partial charge on any atom is -0.497 e. The van der Waals surface area contributed by atoms with Gasteiger partial charge in [-0.2, -0.15) is 0 Å². The molecule has 2 N–H and O–H groups in total. The third-order valence-electron chi connectivity index (χ3n) is 4.42. The van der Waals surface area contributed by atoms with Crippen LogP contribution in [-0.2, 0) is 0 Å². The fraction of sp³-hybridized carbons (Fsp3) is 0.389. The van der Waals surface area contributed by atoms with E-state index in [9.17, 15) is 4.79 Å². The number of carbonyl (C=O) groups excluding carboxylic acids is 1. The second-order valence-electron chi connectivity index (χ2n) is 6.13. The Balaban J connectivity index is 1.61. The van der Waals surface area contributed by atoms with Crippen LogP contribution in [-0.4, -0.2) is 28.9 Å². The van der Waals surface area contributed by atoms with Gasteiger partial charge in [-0.3, -0.25) is 5.32 Å². The fourth-order valence-electron chi connectivity index (χ4n) is 2.82. The van der Waals surface area contributed by atoms with E-state index >= 15 is 0 Å². The second kappa shape index (κ2) is 7.65. The zero-order valence-corrected chi connectivity index (χ0v) is 15.2. The molecule has 1 fully saturated rings. The molecule has 0 atom stereocenters. The Kier molecular flexibility index (Phi) is 5.33. The third-order valence-corrected chi connectivity index (χ3v) is 5.30. The van der Waals surface area contributed by atoms with Crippen LogP contribution in [0.1, 0.15) is 32.6 Å². The molecule has 1 aromatic carbocycles. The van der Waals surface area contributed by atoms with E-state index in [1.807, 2.05) is 37.3 Å². The number of hydrogen-bond acceptors (Lipinski definition) is 5. The summed E-state index contributed by atoms with van der Waals surface area (Å²) in [6.45, 7) is 1.99. The quantitative estimate of drug-likeness (QED) is 0.758. The van der Waals surface area contributed by atoms with Gasteiger partial charge in [-0.05, 0) is 56.9 Å². The maximum Gasteiger partial charge on any atom is 0.321 e. The lowest BCUT2D eigenvalue weighted by Gasteiger charge is -2.41. The molecule has 1 aliphatic rings. The molecule has 2 aromatic rings. The van der Waals surface area contributed by atoms with E-state index in [0.717, 1.165) is 42.0 Å². The number of urea groups is 1. The smallest absolute Gasteiger partial charge is 0.321 e. The molecule has 0 radical (unpaired) electrons.